The minimum atomic E-state index is -4.79. The van der Waals surface area contributed by atoms with Crippen LogP contribution in [0, 0.1) is 0 Å². The van der Waals surface area contributed by atoms with E-state index in [4.69, 9.17) is 0 Å². The third kappa shape index (κ3) is 5.51. The molecule has 0 unspecified atom stereocenters. The van der Waals surface area contributed by atoms with Crippen LogP contribution in [0.15, 0.2) is 0 Å². The van der Waals surface area contributed by atoms with Crippen LogP contribution in [-0.2, 0) is 19.3 Å². The lowest BCUT2D eigenvalue weighted by Crippen LogP contribution is -2.10. The predicted molar refractivity (Wildman–Crippen MR) is 26.8 cm³/mol. The molecule has 4 nitrogen and oxygen atoms in total. The molecular weight excluding hydrogens is 175 g/mol. The molecule has 0 aromatic rings. The van der Waals surface area contributed by atoms with E-state index in [1.807, 2.05) is 0 Å². The first-order valence-electron chi connectivity index (χ1n) is 1.69. The Bertz CT molecular complexity index is 197. The van der Waals surface area contributed by atoms with Gasteiger partial charge in [0.25, 0.3) is 0 Å². The molecule has 0 N–H and O–H groups in total. The van der Waals surface area contributed by atoms with Crippen LogP contribution in [0.25, 0.3) is 0 Å². The Morgan fingerprint density at radius 2 is 2.11 bits per heavy atom. The predicted octanol–water partition coefficient (Wildman–Crippen LogP) is -0.0173. The SMILES string of the molecule is O=C(CS(=O)(=O)F)OCl. The third-order valence-electron chi connectivity index (χ3n) is 0.376. The zero-order valence-electron chi connectivity index (χ0n) is 4.00. The van der Waals surface area contributed by atoms with Gasteiger partial charge in [0.15, 0.2) is 5.75 Å². The molecule has 0 aliphatic heterocycles. The van der Waals surface area contributed by atoms with E-state index in [0.717, 1.165) is 0 Å². The van der Waals surface area contributed by atoms with Crippen molar-refractivity contribution in [3.63, 3.8) is 0 Å². The fourth-order valence-corrected chi connectivity index (χ4v) is 0.623. The van der Waals surface area contributed by atoms with E-state index in [1.54, 1.807) is 0 Å². The first kappa shape index (κ1) is 8.64. The Morgan fingerprint density at radius 1 is 1.67 bits per heavy atom. The summed E-state index contributed by atoms with van der Waals surface area (Å²) in [4.78, 5) is 9.85. The molecule has 0 radical (unpaired) electrons. The lowest BCUT2D eigenvalue weighted by atomic mass is 10.8. The van der Waals surface area contributed by atoms with Gasteiger partial charge in [-0.25, -0.2) is 4.79 Å². The lowest BCUT2D eigenvalue weighted by Gasteiger charge is -1.87. The number of hydrogen-bond donors (Lipinski definition) is 0. The topological polar surface area (TPSA) is 60.4 Å². The van der Waals surface area contributed by atoms with E-state index in [-0.39, 0.29) is 0 Å². The van der Waals surface area contributed by atoms with Gasteiger partial charge in [-0.05, 0) is 0 Å². The molecule has 0 rings (SSSR count). The molecule has 7 heteroatoms. The van der Waals surface area contributed by atoms with Crippen LogP contribution < -0.4 is 0 Å². The minimum absolute atomic E-state index is 1.33. The van der Waals surface area contributed by atoms with Crippen LogP contribution >= 0.6 is 11.9 Å². The second-order valence-electron chi connectivity index (χ2n) is 1.13. The molecule has 0 fully saturated rings. The second kappa shape index (κ2) is 2.98. The first-order chi connectivity index (χ1) is 3.95. The summed E-state index contributed by atoms with van der Waals surface area (Å²) in [6.45, 7) is 0. The zero-order valence-corrected chi connectivity index (χ0v) is 5.58. The number of carbonyl (C=O) groups is 1. The van der Waals surface area contributed by atoms with Crippen molar-refractivity contribution in [3.05, 3.63) is 0 Å². The van der Waals surface area contributed by atoms with Gasteiger partial charge in [0.05, 0.1) is 0 Å². The van der Waals surface area contributed by atoms with Crippen LogP contribution in [0.3, 0.4) is 0 Å². The fraction of sp³-hybridized carbons (Fsp3) is 0.500. The van der Waals surface area contributed by atoms with Crippen molar-refractivity contribution in [2.24, 2.45) is 0 Å². The molecule has 0 aliphatic rings. The molecule has 0 amide bonds. The van der Waals surface area contributed by atoms with Crippen molar-refractivity contribution in [1.82, 2.24) is 0 Å². The molecule has 0 saturated carbocycles. The molecule has 0 spiro atoms. The standard InChI is InChI=1S/C2H2ClFO4S/c3-8-2(5)1-9(4,6)7/h1H2. The Hall–Kier alpha value is -0.360. The van der Waals surface area contributed by atoms with Crippen LogP contribution in [0.4, 0.5) is 3.89 Å². The van der Waals surface area contributed by atoms with Gasteiger partial charge in [-0.1, -0.05) is 0 Å². The summed E-state index contributed by atoms with van der Waals surface area (Å²) >= 11 is 4.38. The van der Waals surface area contributed by atoms with Crippen molar-refractivity contribution >= 4 is 28.1 Å². The van der Waals surface area contributed by atoms with Gasteiger partial charge >= 0.3 is 16.2 Å². The molecule has 0 bridgehead atoms. The molecule has 0 aromatic heterocycles. The minimum Gasteiger partial charge on any atom is -0.346 e. The molecule has 0 heterocycles. The van der Waals surface area contributed by atoms with Gasteiger partial charge in [0.2, 0.25) is 0 Å². The molecule has 54 valence electrons. The van der Waals surface area contributed by atoms with E-state index in [9.17, 15) is 17.1 Å². The number of hydrogen-bond acceptors (Lipinski definition) is 4. The van der Waals surface area contributed by atoms with Crippen LogP contribution in [0.5, 0.6) is 0 Å². The molecule has 0 atom stereocenters. The van der Waals surface area contributed by atoms with Gasteiger partial charge in [-0.15, -0.1) is 3.89 Å². The fourth-order valence-electron chi connectivity index (χ4n) is 0.163. The monoisotopic (exact) mass is 176 g/mol. The highest BCUT2D eigenvalue weighted by Crippen LogP contribution is 1.93. The summed E-state index contributed by atoms with van der Waals surface area (Å²) < 4.78 is 33.9. The Kier molecular flexibility index (Phi) is 2.86. The van der Waals surface area contributed by atoms with E-state index in [0.29, 0.717) is 0 Å². The summed E-state index contributed by atoms with van der Waals surface area (Å²) in [5, 5.41) is 0. The van der Waals surface area contributed by atoms with E-state index in [2.05, 4.69) is 16.2 Å². The highest BCUT2D eigenvalue weighted by atomic mass is 35.5. The highest BCUT2D eigenvalue weighted by Gasteiger charge is 2.15. The van der Waals surface area contributed by atoms with Crippen molar-refractivity contribution in [3.8, 4) is 0 Å². The van der Waals surface area contributed by atoms with Crippen molar-refractivity contribution in [2.75, 3.05) is 5.75 Å². The molecule has 0 aromatic carbocycles. The number of carbonyl (C=O) groups excluding carboxylic acids is 1. The largest absolute Gasteiger partial charge is 0.346 e. The molecule has 0 aliphatic carbocycles. The molecule has 9 heavy (non-hydrogen) atoms. The average Bonchev–Trinajstić information content (AvgIpc) is 1.62. The van der Waals surface area contributed by atoms with Crippen molar-refractivity contribution < 1.29 is 21.4 Å². The number of rotatable bonds is 2. The molecule has 0 saturated heterocycles. The van der Waals surface area contributed by atoms with Gasteiger partial charge in [0, 0.05) is 0 Å². The molecular formula is C2H2ClFO4S. The zero-order chi connectivity index (χ0) is 7.49. The number of halogens is 2. The normalized spacial score (nSPS) is 10.9. The van der Waals surface area contributed by atoms with E-state index >= 15 is 0 Å². The smallest absolute Gasteiger partial charge is 0.342 e. The van der Waals surface area contributed by atoms with Gasteiger partial charge in [-0.3, -0.25) is 0 Å². The summed E-state index contributed by atoms with van der Waals surface area (Å²) in [5.74, 6) is -2.67. The van der Waals surface area contributed by atoms with Gasteiger partial charge in [0.1, 0.15) is 11.9 Å². The van der Waals surface area contributed by atoms with E-state index < -0.39 is 21.9 Å². The average molecular weight is 177 g/mol. The van der Waals surface area contributed by atoms with Crippen molar-refractivity contribution in [2.45, 2.75) is 0 Å². The maximum atomic E-state index is 11.4. The van der Waals surface area contributed by atoms with Gasteiger partial charge < -0.3 is 4.29 Å². The third-order valence-corrected chi connectivity index (χ3v) is 1.13. The quantitative estimate of drug-likeness (QED) is 0.555. The van der Waals surface area contributed by atoms with Crippen LogP contribution in [-0.4, -0.2) is 20.1 Å². The maximum absolute atomic E-state index is 11.4. The summed E-state index contributed by atoms with van der Waals surface area (Å²) in [6, 6.07) is 0. The Balaban J connectivity index is 3.91. The summed E-state index contributed by atoms with van der Waals surface area (Å²) in [6.07, 6.45) is 0. The Labute approximate surface area is 55.9 Å². The summed E-state index contributed by atoms with van der Waals surface area (Å²) in [7, 11) is -4.79. The maximum Gasteiger partial charge on any atom is 0.342 e. The Morgan fingerprint density at radius 3 is 2.22 bits per heavy atom. The summed E-state index contributed by atoms with van der Waals surface area (Å²) in [5.41, 5.74) is 0. The lowest BCUT2D eigenvalue weighted by molar-refractivity contribution is -0.131. The second-order valence-corrected chi connectivity index (χ2v) is 2.65. The van der Waals surface area contributed by atoms with Crippen LogP contribution in [0.2, 0.25) is 0 Å². The van der Waals surface area contributed by atoms with Crippen molar-refractivity contribution in [1.29, 1.82) is 0 Å². The van der Waals surface area contributed by atoms with Gasteiger partial charge in [-0.2, -0.15) is 8.42 Å². The highest BCUT2D eigenvalue weighted by molar-refractivity contribution is 7.87. The van der Waals surface area contributed by atoms with Crippen LogP contribution in [0.1, 0.15) is 0 Å². The van der Waals surface area contributed by atoms with E-state index in [1.165, 1.54) is 0 Å². The first-order valence-corrected chi connectivity index (χ1v) is 3.55.